The van der Waals surface area contributed by atoms with Gasteiger partial charge in [0.05, 0.1) is 23.6 Å². The van der Waals surface area contributed by atoms with Crippen LogP contribution in [0, 0.1) is 10.1 Å². The minimum Gasteiger partial charge on any atom is -0.365 e. The maximum atomic E-state index is 10.8. The van der Waals surface area contributed by atoms with E-state index >= 15 is 0 Å². The van der Waals surface area contributed by atoms with Crippen molar-refractivity contribution in [3.05, 3.63) is 40.7 Å². The molecule has 106 valence electrons. The zero-order valence-corrected chi connectivity index (χ0v) is 10.9. The van der Waals surface area contributed by atoms with Crippen molar-refractivity contribution >= 4 is 17.3 Å². The van der Waals surface area contributed by atoms with Crippen LogP contribution >= 0.6 is 0 Å². The molecule has 0 aliphatic heterocycles. The molecule has 2 aromatic heterocycles. The van der Waals surface area contributed by atoms with Crippen molar-refractivity contribution < 1.29 is 4.92 Å². The van der Waals surface area contributed by atoms with E-state index in [-0.39, 0.29) is 17.5 Å². The summed E-state index contributed by atoms with van der Waals surface area (Å²) in [5.74, 6) is 5.86. The van der Waals surface area contributed by atoms with E-state index in [1.165, 1.54) is 12.1 Å². The number of nitro groups is 1. The summed E-state index contributed by atoms with van der Waals surface area (Å²) in [6, 6.07) is 4.45. The number of nitrogens with zero attached hydrogens (tertiary/aromatic N) is 4. The van der Waals surface area contributed by atoms with Crippen LogP contribution < -0.4 is 16.6 Å². The molecule has 0 radical (unpaired) electrons. The molecule has 20 heavy (non-hydrogen) atoms. The van der Waals surface area contributed by atoms with Gasteiger partial charge in [-0.25, -0.2) is 10.8 Å². The van der Waals surface area contributed by atoms with Crippen LogP contribution in [0.15, 0.2) is 30.6 Å². The smallest absolute Gasteiger partial charge is 0.276 e. The van der Waals surface area contributed by atoms with Gasteiger partial charge in [0, 0.05) is 18.4 Å². The average Bonchev–Trinajstić information content (AvgIpc) is 2.90. The zero-order valence-electron chi connectivity index (χ0n) is 10.9. The SMILES string of the molecule is CC(Cn1cccn1)Nc1cc([N+](=O)[O-])cc(NN)n1. The number of hydrogen-bond donors (Lipinski definition) is 3. The average molecular weight is 277 g/mol. The maximum absolute atomic E-state index is 10.8. The first-order chi connectivity index (χ1) is 9.58. The predicted molar refractivity (Wildman–Crippen MR) is 74.0 cm³/mol. The summed E-state index contributed by atoms with van der Waals surface area (Å²) in [6.07, 6.45) is 3.53. The van der Waals surface area contributed by atoms with E-state index in [1.54, 1.807) is 10.9 Å². The fraction of sp³-hybridized carbons (Fsp3) is 0.273. The molecule has 1 atom stereocenters. The van der Waals surface area contributed by atoms with Crippen LogP contribution in [0.1, 0.15) is 6.92 Å². The molecule has 2 heterocycles. The van der Waals surface area contributed by atoms with E-state index < -0.39 is 4.92 Å². The Kier molecular flexibility index (Phi) is 4.11. The van der Waals surface area contributed by atoms with Crippen molar-refractivity contribution in [3.8, 4) is 0 Å². The third-order valence-electron chi connectivity index (χ3n) is 2.58. The third-order valence-corrected chi connectivity index (χ3v) is 2.58. The monoisotopic (exact) mass is 277 g/mol. The van der Waals surface area contributed by atoms with Gasteiger partial charge in [-0.05, 0) is 13.0 Å². The summed E-state index contributed by atoms with van der Waals surface area (Å²) in [5.41, 5.74) is 2.23. The van der Waals surface area contributed by atoms with Gasteiger partial charge in [0.25, 0.3) is 5.69 Å². The van der Waals surface area contributed by atoms with Crippen molar-refractivity contribution in [2.24, 2.45) is 5.84 Å². The Hall–Kier alpha value is -2.68. The van der Waals surface area contributed by atoms with Gasteiger partial charge in [-0.15, -0.1) is 0 Å². The minimum absolute atomic E-state index is 0.00460. The Balaban J connectivity index is 2.11. The lowest BCUT2D eigenvalue weighted by Crippen LogP contribution is -2.23. The first kappa shape index (κ1) is 13.7. The van der Waals surface area contributed by atoms with Crippen LogP contribution in [0.2, 0.25) is 0 Å². The van der Waals surface area contributed by atoms with Crippen molar-refractivity contribution in [3.63, 3.8) is 0 Å². The van der Waals surface area contributed by atoms with Gasteiger partial charge >= 0.3 is 0 Å². The first-order valence-electron chi connectivity index (χ1n) is 5.95. The molecule has 0 fully saturated rings. The Morgan fingerprint density at radius 1 is 1.50 bits per heavy atom. The van der Waals surface area contributed by atoms with Crippen LogP contribution in [-0.2, 0) is 6.54 Å². The van der Waals surface area contributed by atoms with Crippen LogP contribution in [0.4, 0.5) is 17.3 Å². The second-order valence-corrected chi connectivity index (χ2v) is 4.27. The van der Waals surface area contributed by atoms with Gasteiger partial charge in [-0.2, -0.15) is 5.10 Å². The van der Waals surface area contributed by atoms with Gasteiger partial charge in [0.1, 0.15) is 11.6 Å². The van der Waals surface area contributed by atoms with Crippen LogP contribution in [-0.4, -0.2) is 25.7 Å². The first-order valence-corrected chi connectivity index (χ1v) is 5.95. The predicted octanol–water partition coefficient (Wildman–Crippen LogP) is 0.972. The number of nitrogen functional groups attached to an aromatic ring is 1. The largest absolute Gasteiger partial charge is 0.365 e. The van der Waals surface area contributed by atoms with E-state index in [2.05, 4.69) is 20.8 Å². The Morgan fingerprint density at radius 3 is 2.85 bits per heavy atom. The zero-order chi connectivity index (χ0) is 14.5. The molecule has 0 aromatic carbocycles. The van der Waals surface area contributed by atoms with Crippen LogP contribution in [0.25, 0.3) is 0 Å². The minimum atomic E-state index is -0.494. The van der Waals surface area contributed by atoms with E-state index in [9.17, 15) is 10.1 Å². The molecule has 0 spiro atoms. The fourth-order valence-corrected chi connectivity index (χ4v) is 1.76. The quantitative estimate of drug-likeness (QED) is 0.408. The lowest BCUT2D eigenvalue weighted by molar-refractivity contribution is -0.384. The molecule has 9 heteroatoms. The van der Waals surface area contributed by atoms with Gasteiger partial charge in [0.2, 0.25) is 0 Å². The second kappa shape index (κ2) is 5.97. The molecular formula is C11H15N7O2. The Bertz CT molecular complexity index is 584. The van der Waals surface area contributed by atoms with Crippen molar-refractivity contribution in [2.45, 2.75) is 19.5 Å². The summed E-state index contributed by atoms with van der Waals surface area (Å²) in [5, 5.41) is 18.0. The summed E-state index contributed by atoms with van der Waals surface area (Å²) in [6.45, 7) is 2.54. The van der Waals surface area contributed by atoms with Crippen molar-refractivity contribution in [1.82, 2.24) is 14.8 Å². The van der Waals surface area contributed by atoms with E-state index in [0.29, 0.717) is 12.4 Å². The maximum Gasteiger partial charge on any atom is 0.276 e. The Labute approximate surface area is 114 Å². The summed E-state index contributed by atoms with van der Waals surface area (Å²) < 4.78 is 1.76. The van der Waals surface area contributed by atoms with E-state index in [0.717, 1.165) is 0 Å². The molecule has 1 unspecified atom stereocenters. The highest BCUT2D eigenvalue weighted by molar-refractivity contribution is 5.54. The third kappa shape index (κ3) is 3.42. The highest BCUT2D eigenvalue weighted by Crippen LogP contribution is 2.20. The van der Waals surface area contributed by atoms with E-state index in [1.807, 2.05) is 19.2 Å². The highest BCUT2D eigenvalue weighted by Gasteiger charge is 2.12. The van der Waals surface area contributed by atoms with Crippen LogP contribution in [0.3, 0.4) is 0 Å². The number of aromatic nitrogens is 3. The summed E-state index contributed by atoms with van der Waals surface area (Å²) >= 11 is 0. The normalized spacial score (nSPS) is 11.9. The van der Waals surface area contributed by atoms with Crippen molar-refractivity contribution in [1.29, 1.82) is 0 Å². The molecule has 0 aliphatic rings. The molecule has 2 aromatic rings. The number of hydrogen-bond acceptors (Lipinski definition) is 7. The van der Waals surface area contributed by atoms with Crippen molar-refractivity contribution in [2.75, 3.05) is 10.7 Å². The highest BCUT2D eigenvalue weighted by atomic mass is 16.6. The molecule has 0 aliphatic carbocycles. The molecule has 2 rings (SSSR count). The number of nitrogens with one attached hydrogen (secondary N) is 2. The number of hydrazine groups is 1. The number of rotatable bonds is 6. The van der Waals surface area contributed by atoms with Gasteiger partial charge in [-0.3, -0.25) is 14.8 Å². The molecule has 9 nitrogen and oxygen atoms in total. The standard InChI is InChI=1S/C11H15N7O2/c1-8(7-17-4-2-3-13-17)14-10-5-9(18(19)20)6-11(15-10)16-12/h2-6,8H,7,12H2,1H3,(H2,14,15,16). The molecule has 0 bridgehead atoms. The van der Waals surface area contributed by atoms with Gasteiger partial charge in [-0.1, -0.05) is 0 Å². The lowest BCUT2D eigenvalue weighted by Gasteiger charge is -2.15. The summed E-state index contributed by atoms with van der Waals surface area (Å²) in [4.78, 5) is 14.5. The molecule has 0 saturated carbocycles. The Morgan fingerprint density at radius 2 is 2.25 bits per heavy atom. The lowest BCUT2D eigenvalue weighted by atomic mass is 10.3. The van der Waals surface area contributed by atoms with Gasteiger partial charge in [0.15, 0.2) is 0 Å². The number of nitrogens with two attached hydrogens (primary N) is 1. The molecule has 0 saturated heterocycles. The fourth-order valence-electron chi connectivity index (χ4n) is 1.76. The van der Waals surface area contributed by atoms with E-state index in [4.69, 9.17) is 5.84 Å². The molecular weight excluding hydrogens is 262 g/mol. The number of pyridine rings is 1. The molecule has 4 N–H and O–H groups in total. The van der Waals surface area contributed by atoms with Gasteiger partial charge < -0.3 is 10.7 Å². The number of anilines is 2. The topological polar surface area (TPSA) is 124 Å². The second-order valence-electron chi connectivity index (χ2n) is 4.27. The summed E-state index contributed by atoms with van der Waals surface area (Å²) in [7, 11) is 0. The van der Waals surface area contributed by atoms with Crippen LogP contribution in [0.5, 0.6) is 0 Å². The molecule has 0 amide bonds.